The van der Waals surface area contributed by atoms with Crippen LogP contribution in [0.25, 0.3) is 0 Å². The molecular weight excluding hydrogens is 136 g/mol. The minimum atomic E-state index is -1.83. The zero-order valence-corrected chi connectivity index (χ0v) is 6.13. The van der Waals surface area contributed by atoms with Crippen LogP contribution in [-0.4, -0.2) is 22.2 Å². The summed E-state index contributed by atoms with van der Waals surface area (Å²) < 4.78 is 0. The molecule has 0 amide bonds. The molecule has 0 radical (unpaired) electrons. The van der Waals surface area contributed by atoms with E-state index < -0.39 is 6.16 Å². The highest BCUT2D eigenvalue weighted by Gasteiger charge is 1.83. The lowest BCUT2D eigenvalue weighted by Gasteiger charge is -1.80. The standard InChI is InChI=1S/C5H10O.CH2O3/c1-3-4-5(2)6;2-1(3)4/h3-4H2,1-2H3;(H2,2,3,4). The second-order valence-corrected chi connectivity index (χ2v) is 1.73. The lowest BCUT2D eigenvalue weighted by molar-refractivity contribution is -0.117. The smallest absolute Gasteiger partial charge is 0.450 e. The van der Waals surface area contributed by atoms with Gasteiger partial charge in [0.25, 0.3) is 0 Å². The molecule has 0 spiro atoms. The summed E-state index contributed by atoms with van der Waals surface area (Å²) in [5, 5.41) is 13.9. The molecule has 0 saturated carbocycles. The monoisotopic (exact) mass is 148 g/mol. The Morgan fingerprint density at radius 3 is 1.60 bits per heavy atom. The van der Waals surface area contributed by atoms with Crippen molar-refractivity contribution in [3.8, 4) is 0 Å². The van der Waals surface area contributed by atoms with E-state index in [1.54, 1.807) is 6.92 Å². The maximum Gasteiger partial charge on any atom is 0.503 e. The Bertz CT molecular complexity index is 104. The first-order chi connectivity index (χ1) is 4.50. The minimum Gasteiger partial charge on any atom is -0.450 e. The summed E-state index contributed by atoms with van der Waals surface area (Å²) in [5.41, 5.74) is 0. The van der Waals surface area contributed by atoms with Crippen molar-refractivity contribution in [2.24, 2.45) is 0 Å². The zero-order chi connectivity index (χ0) is 8.57. The molecule has 0 aromatic heterocycles. The summed E-state index contributed by atoms with van der Waals surface area (Å²) in [4.78, 5) is 18.6. The van der Waals surface area contributed by atoms with Crippen LogP contribution in [0.4, 0.5) is 4.79 Å². The third-order valence-electron chi connectivity index (χ3n) is 0.602. The van der Waals surface area contributed by atoms with E-state index in [0.29, 0.717) is 0 Å². The molecule has 0 aliphatic heterocycles. The third-order valence-corrected chi connectivity index (χ3v) is 0.602. The number of carbonyl (C=O) groups excluding carboxylic acids is 1. The second-order valence-electron chi connectivity index (χ2n) is 1.73. The van der Waals surface area contributed by atoms with E-state index in [-0.39, 0.29) is 5.78 Å². The van der Waals surface area contributed by atoms with Crippen molar-refractivity contribution in [1.82, 2.24) is 0 Å². The minimum absolute atomic E-state index is 0.289. The molecule has 10 heavy (non-hydrogen) atoms. The molecule has 0 atom stereocenters. The Balaban J connectivity index is 0. The summed E-state index contributed by atoms with van der Waals surface area (Å²) in [5.74, 6) is 0.289. The van der Waals surface area contributed by atoms with Gasteiger partial charge in [-0.3, -0.25) is 0 Å². The SMILES string of the molecule is CCCC(C)=O.O=C(O)O. The summed E-state index contributed by atoms with van der Waals surface area (Å²) in [7, 11) is 0. The van der Waals surface area contributed by atoms with Gasteiger partial charge in [-0.2, -0.15) is 0 Å². The first kappa shape index (κ1) is 11.7. The Labute approximate surface area is 59.5 Å². The van der Waals surface area contributed by atoms with Crippen LogP contribution in [0.1, 0.15) is 26.7 Å². The van der Waals surface area contributed by atoms with Gasteiger partial charge < -0.3 is 15.0 Å². The van der Waals surface area contributed by atoms with E-state index in [1.165, 1.54) is 0 Å². The van der Waals surface area contributed by atoms with E-state index in [9.17, 15) is 4.79 Å². The molecule has 0 unspecified atom stereocenters. The highest BCUT2D eigenvalue weighted by molar-refractivity contribution is 5.75. The lowest BCUT2D eigenvalue weighted by atomic mass is 10.3. The summed E-state index contributed by atoms with van der Waals surface area (Å²) in [6.45, 7) is 3.62. The van der Waals surface area contributed by atoms with E-state index in [0.717, 1.165) is 12.8 Å². The molecule has 0 fully saturated rings. The second kappa shape index (κ2) is 7.94. The molecule has 0 aromatic rings. The van der Waals surface area contributed by atoms with Gasteiger partial charge in [-0.25, -0.2) is 4.79 Å². The highest BCUT2D eigenvalue weighted by Crippen LogP contribution is 1.84. The Kier molecular flexibility index (Phi) is 9.29. The van der Waals surface area contributed by atoms with E-state index in [4.69, 9.17) is 15.0 Å². The van der Waals surface area contributed by atoms with Gasteiger partial charge in [0.1, 0.15) is 5.78 Å². The molecule has 0 rings (SSSR count). The molecular formula is C6H12O4. The van der Waals surface area contributed by atoms with Crippen LogP contribution in [0, 0.1) is 0 Å². The van der Waals surface area contributed by atoms with Crippen molar-refractivity contribution in [3.63, 3.8) is 0 Å². The number of carbonyl (C=O) groups is 2. The van der Waals surface area contributed by atoms with E-state index in [1.807, 2.05) is 6.92 Å². The molecule has 0 aliphatic rings. The van der Waals surface area contributed by atoms with Crippen molar-refractivity contribution < 1.29 is 19.8 Å². The maximum absolute atomic E-state index is 10.0. The predicted molar refractivity (Wildman–Crippen MR) is 36.2 cm³/mol. The van der Waals surface area contributed by atoms with Crippen LogP contribution in [0.5, 0.6) is 0 Å². The van der Waals surface area contributed by atoms with Gasteiger partial charge in [0, 0.05) is 6.42 Å². The summed E-state index contributed by atoms with van der Waals surface area (Å²) in [6.07, 6.45) is -0.116. The van der Waals surface area contributed by atoms with Crippen LogP contribution in [-0.2, 0) is 4.79 Å². The number of hydrogen-bond donors (Lipinski definition) is 2. The molecule has 0 saturated heterocycles. The molecule has 2 N–H and O–H groups in total. The van der Waals surface area contributed by atoms with Crippen molar-refractivity contribution in [2.75, 3.05) is 0 Å². The summed E-state index contributed by atoms with van der Waals surface area (Å²) >= 11 is 0. The zero-order valence-electron chi connectivity index (χ0n) is 6.13. The van der Waals surface area contributed by atoms with Crippen molar-refractivity contribution in [2.45, 2.75) is 26.7 Å². The molecule has 4 heteroatoms. The average Bonchev–Trinajstić information content (AvgIpc) is 1.62. The van der Waals surface area contributed by atoms with Crippen LogP contribution in [0.3, 0.4) is 0 Å². The Morgan fingerprint density at radius 1 is 1.30 bits per heavy atom. The number of hydrogen-bond acceptors (Lipinski definition) is 2. The quantitative estimate of drug-likeness (QED) is 0.623. The van der Waals surface area contributed by atoms with Gasteiger partial charge >= 0.3 is 6.16 Å². The third kappa shape index (κ3) is 65.1. The fraction of sp³-hybridized carbons (Fsp3) is 0.667. The van der Waals surface area contributed by atoms with Gasteiger partial charge in [0.15, 0.2) is 0 Å². The molecule has 4 nitrogen and oxygen atoms in total. The first-order valence-electron chi connectivity index (χ1n) is 2.92. The molecule has 0 aliphatic carbocycles. The fourth-order valence-corrected chi connectivity index (χ4v) is 0.352. The number of rotatable bonds is 2. The molecule has 0 bridgehead atoms. The average molecular weight is 148 g/mol. The lowest BCUT2D eigenvalue weighted by Crippen LogP contribution is -1.84. The van der Waals surface area contributed by atoms with Gasteiger partial charge in [-0.05, 0) is 13.3 Å². The number of carboxylic acid groups (broad SMARTS) is 2. The van der Waals surface area contributed by atoms with Crippen molar-refractivity contribution >= 4 is 11.9 Å². The fourth-order valence-electron chi connectivity index (χ4n) is 0.352. The first-order valence-corrected chi connectivity index (χ1v) is 2.92. The topological polar surface area (TPSA) is 74.6 Å². The van der Waals surface area contributed by atoms with E-state index >= 15 is 0 Å². The van der Waals surface area contributed by atoms with Gasteiger partial charge in [0.05, 0.1) is 0 Å². The van der Waals surface area contributed by atoms with Gasteiger partial charge in [0.2, 0.25) is 0 Å². The predicted octanol–water partition coefficient (Wildman–Crippen LogP) is 1.60. The molecule has 0 aromatic carbocycles. The number of Topliss-reactive ketones (excluding diaryl/α,β-unsaturated/α-hetero) is 1. The van der Waals surface area contributed by atoms with Crippen LogP contribution in [0.15, 0.2) is 0 Å². The largest absolute Gasteiger partial charge is 0.503 e. The van der Waals surface area contributed by atoms with Crippen LogP contribution < -0.4 is 0 Å². The normalized spacial score (nSPS) is 7.40. The van der Waals surface area contributed by atoms with Crippen molar-refractivity contribution in [1.29, 1.82) is 0 Å². The maximum atomic E-state index is 10.0. The van der Waals surface area contributed by atoms with Gasteiger partial charge in [-0.15, -0.1) is 0 Å². The molecule has 60 valence electrons. The highest BCUT2D eigenvalue weighted by atomic mass is 16.6. The van der Waals surface area contributed by atoms with Gasteiger partial charge in [-0.1, -0.05) is 6.92 Å². The Morgan fingerprint density at radius 2 is 1.60 bits per heavy atom. The molecule has 0 heterocycles. The van der Waals surface area contributed by atoms with Crippen LogP contribution >= 0.6 is 0 Å². The van der Waals surface area contributed by atoms with Crippen molar-refractivity contribution in [3.05, 3.63) is 0 Å². The Hall–Kier alpha value is -1.06. The van der Waals surface area contributed by atoms with Crippen LogP contribution in [0.2, 0.25) is 0 Å². The number of ketones is 1. The summed E-state index contributed by atoms with van der Waals surface area (Å²) in [6, 6.07) is 0. The van der Waals surface area contributed by atoms with E-state index in [2.05, 4.69) is 0 Å².